The minimum absolute atomic E-state index is 0.283. The first kappa shape index (κ1) is 13.0. The van der Waals surface area contributed by atoms with Crippen LogP contribution in [-0.2, 0) is 6.18 Å². The summed E-state index contributed by atoms with van der Waals surface area (Å²) >= 11 is 3.07. The highest BCUT2D eigenvalue weighted by Crippen LogP contribution is 2.31. The van der Waals surface area contributed by atoms with Crippen molar-refractivity contribution < 1.29 is 18.0 Å². The van der Waals surface area contributed by atoms with Gasteiger partial charge in [-0.3, -0.25) is 4.79 Å². The first-order valence-corrected chi connectivity index (χ1v) is 5.59. The summed E-state index contributed by atoms with van der Waals surface area (Å²) < 4.78 is 37.6. The molecule has 0 aliphatic carbocycles. The Hall–Kier alpha value is -1.04. The lowest BCUT2D eigenvalue weighted by atomic mass is 10.1. The van der Waals surface area contributed by atoms with Crippen LogP contribution in [-0.4, -0.2) is 17.8 Å². The molecule has 1 rings (SSSR count). The molecular formula is C10H9BrF3NO. The number of nitrogens with one attached hydrogen (secondary N) is 1. The molecule has 0 aliphatic heterocycles. The van der Waals surface area contributed by atoms with E-state index in [0.29, 0.717) is 5.33 Å². The lowest BCUT2D eigenvalue weighted by Crippen LogP contribution is -2.27. The fourth-order valence-corrected chi connectivity index (χ4v) is 1.38. The molecule has 1 N–H and O–H groups in total. The summed E-state index contributed by atoms with van der Waals surface area (Å²) in [6.45, 7) is 0.283. The van der Waals surface area contributed by atoms with E-state index in [2.05, 4.69) is 21.2 Å². The normalized spacial score (nSPS) is 11.2. The predicted octanol–water partition coefficient (Wildman–Crippen LogP) is 2.83. The molecule has 0 atom stereocenters. The van der Waals surface area contributed by atoms with Crippen molar-refractivity contribution in [2.75, 3.05) is 11.9 Å². The van der Waals surface area contributed by atoms with Gasteiger partial charge in [-0.05, 0) is 12.1 Å². The van der Waals surface area contributed by atoms with Crippen LogP contribution < -0.4 is 5.32 Å². The molecule has 2 nitrogen and oxygen atoms in total. The summed E-state index contributed by atoms with van der Waals surface area (Å²) in [5, 5.41) is 2.87. The molecule has 0 saturated heterocycles. The van der Waals surface area contributed by atoms with E-state index in [-0.39, 0.29) is 12.1 Å². The van der Waals surface area contributed by atoms with Crippen LogP contribution in [0.15, 0.2) is 24.3 Å². The van der Waals surface area contributed by atoms with Gasteiger partial charge in [-0.15, -0.1) is 0 Å². The molecular weight excluding hydrogens is 287 g/mol. The fraction of sp³-hybridized carbons (Fsp3) is 0.300. The monoisotopic (exact) mass is 295 g/mol. The molecule has 0 unspecified atom stereocenters. The van der Waals surface area contributed by atoms with Crippen LogP contribution in [0.2, 0.25) is 0 Å². The van der Waals surface area contributed by atoms with Crippen LogP contribution >= 0.6 is 15.9 Å². The first-order valence-electron chi connectivity index (χ1n) is 4.47. The van der Waals surface area contributed by atoms with Gasteiger partial charge in [-0.1, -0.05) is 28.1 Å². The smallest absolute Gasteiger partial charge is 0.351 e. The second-order valence-corrected chi connectivity index (χ2v) is 3.78. The Morgan fingerprint density at radius 3 is 2.50 bits per heavy atom. The maximum absolute atomic E-state index is 12.5. The highest BCUT2D eigenvalue weighted by atomic mass is 79.9. The largest absolute Gasteiger partial charge is 0.417 e. The standard InChI is InChI=1S/C10H9BrF3NO/c11-5-6-15-9(16)7-3-1-2-4-8(7)10(12,13)14/h1-4H,5-6H2,(H,15,16). The van der Waals surface area contributed by atoms with E-state index in [4.69, 9.17) is 0 Å². The molecule has 0 aliphatic rings. The average molecular weight is 296 g/mol. The second kappa shape index (κ2) is 5.34. The molecule has 6 heteroatoms. The van der Waals surface area contributed by atoms with Crippen molar-refractivity contribution in [1.29, 1.82) is 0 Å². The Kier molecular flexibility index (Phi) is 4.35. The van der Waals surface area contributed by atoms with Crippen LogP contribution in [0.4, 0.5) is 13.2 Å². The zero-order chi connectivity index (χ0) is 12.2. The number of carbonyl (C=O) groups excluding carboxylic acids is 1. The molecule has 0 fully saturated rings. The number of rotatable bonds is 3. The van der Waals surface area contributed by atoms with Crippen molar-refractivity contribution in [3.63, 3.8) is 0 Å². The van der Waals surface area contributed by atoms with Crippen molar-refractivity contribution in [1.82, 2.24) is 5.32 Å². The summed E-state index contributed by atoms with van der Waals surface area (Å²) in [6.07, 6.45) is -4.51. The van der Waals surface area contributed by atoms with Crippen LogP contribution in [0, 0.1) is 0 Å². The molecule has 88 valence electrons. The van der Waals surface area contributed by atoms with E-state index in [0.717, 1.165) is 12.1 Å². The van der Waals surface area contributed by atoms with Crippen LogP contribution in [0.1, 0.15) is 15.9 Å². The summed E-state index contributed by atoms with van der Waals surface area (Å²) in [4.78, 5) is 11.4. The second-order valence-electron chi connectivity index (χ2n) is 2.99. The Morgan fingerprint density at radius 2 is 1.94 bits per heavy atom. The van der Waals surface area contributed by atoms with E-state index < -0.39 is 17.6 Å². The van der Waals surface area contributed by atoms with Crippen molar-refractivity contribution in [2.24, 2.45) is 0 Å². The molecule has 16 heavy (non-hydrogen) atoms. The predicted molar refractivity (Wildman–Crippen MR) is 57.6 cm³/mol. The third kappa shape index (κ3) is 3.23. The fourth-order valence-electron chi connectivity index (χ4n) is 1.18. The zero-order valence-electron chi connectivity index (χ0n) is 8.14. The van der Waals surface area contributed by atoms with Gasteiger partial charge in [-0.25, -0.2) is 0 Å². The van der Waals surface area contributed by atoms with E-state index in [1.165, 1.54) is 12.1 Å². The van der Waals surface area contributed by atoms with Gasteiger partial charge in [0.25, 0.3) is 5.91 Å². The highest BCUT2D eigenvalue weighted by Gasteiger charge is 2.34. The molecule has 1 aromatic rings. The third-order valence-corrected chi connectivity index (χ3v) is 2.25. The first-order chi connectivity index (χ1) is 7.46. The van der Waals surface area contributed by atoms with E-state index in [1.807, 2.05) is 0 Å². The molecule has 0 bridgehead atoms. The molecule has 0 heterocycles. The number of hydrogen-bond acceptors (Lipinski definition) is 1. The third-order valence-electron chi connectivity index (χ3n) is 1.86. The molecule has 0 saturated carbocycles. The highest BCUT2D eigenvalue weighted by molar-refractivity contribution is 9.09. The lowest BCUT2D eigenvalue weighted by molar-refractivity contribution is -0.137. The van der Waals surface area contributed by atoms with E-state index >= 15 is 0 Å². The zero-order valence-corrected chi connectivity index (χ0v) is 9.73. The summed E-state index contributed by atoms with van der Waals surface area (Å²) in [7, 11) is 0. The van der Waals surface area contributed by atoms with E-state index in [9.17, 15) is 18.0 Å². The Labute approximate surface area is 99.0 Å². The number of halogens is 4. The van der Waals surface area contributed by atoms with Crippen LogP contribution in [0.25, 0.3) is 0 Å². The SMILES string of the molecule is O=C(NCCBr)c1ccccc1C(F)(F)F. The number of carbonyl (C=O) groups is 1. The van der Waals surface area contributed by atoms with Crippen LogP contribution in [0.5, 0.6) is 0 Å². The number of benzene rings is 1. The lowest BCUT2D eigenvalue weighted by Gasteiger charge is -2.11. The van der Waals surface area contributed by atoms with Crippen LogP contribution in [0.3, 0.4) is 0 Å². The Balaban J connectivity index is 3.00. The van der Waals surface area contributed by atoms with Crippen molar-refractivity contribution in [2.45, 2.75) is 6.18 Å². The van der Waals surface area contributed by atoms with Crippen molar-refractivity contribution in [3.05, 3.63) is 35.4 Å². The molecule has 1 amide bonds. The Morgan fingerprint density at radius 1 is 1.31 bits per heavy atom. The van der Waals surface area contributed by atoms with Crippen molar-refractivity contribution >= 4 is 21.8 Å². The molecule has 0 spiro atoms. The van der Waals surface area contributed by atoms with Gasteiger partial charge in [0.05, 0.1) is 11.1 Å². The topological polar surface area (TPSA) is 29.1 Å². The van der Waals surface area contributed by atoms with Gasteiger partial charge in [0.2, 0.25) is 0 Å². The van der Waals surface area contributed by atoms with Gasteiger partial charge in [0.1, 0.15) is 0 Å². The summed E-state index contributed by atoms with van der Waals surface area (Å²) in [5.41, 5.74) is -1.27. The molecule has 0 radical (unpaired) electrons. The number of amides is 1. The average Bonchev–Trinajstić information content (AvgIpc) is 2.24. The quantitative estimate of drug-likeness (QED) is 0.854. The van der Waals surface area contributed by atoms with Gasteiger partial charge >= 0.3 is 6.18 Å². The van der Waals surface area contributed by atoms with Gasteiger partial charge in [0.15, 0.2) is 0 Å². The van der Waals surface area contributed by atoms with Crippen molar-refractivity contribution in [3.8, 4) is 0 Å². The maximum atomic E-state index is 12.5. The number of alkyl halides is 4. The van der Waals surface area contributed by atoms with Gasteiger partial charge in [-0.2, -0.15) is 13.2 Å². The van der Waals surface area contributed by atoms with Gasteiger partial charge < -0.3 is 5.32 Å². The summed E-state index contributed by atoms with van der Waals surface area (Å²) in [5.74, 6) is -0.715. The van der Waals surface area contributed by atoms with Gasteiger partial charge in [0, 0.05) is 11.9 Å². The maximum Gasteiger partial charge on any atom is 0.417 e. The minimum Gasteiger partial charge on any atom is -0.351 e. The minimum atomic E-state index is -4.51. The molecule has 1 aromatic carbocycles. The molecule has 0 aromatic heterocycles. The number of hydrogen-bond donors (Lipinski definition) is 1. The summed E-state index contributed by atoms with van der Waals surface area (Å²) in [6, 6.07) is 4.71. The Bertz CT molecular complexity index is 379. The van der Waals surface area contributed by atoms with E-state index in [1.54, 1.807) is 0 Å².